The highest BCUT2D eigenvalue weighted by Gasteiger charge is 2.62. The lowest BCUT2D eigenvalue weighted by atomic mass is 9.50. The molecule has 4 heteroatoms. The van der Waals surface area contributed by atoms with Crippen LogP contribution in [0.15, 0.2) is 23.3 Å². The van der Waals surface area contributed by atoms with Gasteiger partial charge in [-0.15, -0.1) is 0 Å². The Labute approximate surface area is 155 Å². The summed E-state index contributed by atoms with van der Waals surface area (Å²) in [6.45, 7) is 5.93. The first-order chi connectivity index (χ1) is 12.4. The molecule has 4 nitrogen and oxygen atoms in total. The van der Waals surface area contributed by atoms with Crippen LogP contribution in [-0.2, 0) is 9.47 Å². The summed E-state index contributed by atoms with van der Waals surface area (Å²) >= 11 is 0. The van der Waals surface area contributed by atoms with Crippen molar-refractivity contribution in [3.63, 3.8) is 0 Å². The van der Waals surface area contributed by atoms with E-state index in [2.05, 4.69) is 32.1 Å². The number of aliphatic hydroxyl groups is 1. The third-order valence-electron chi connectivity index (χ3n) is 8.61. The molecule has 0 aromatic carbocycles. The van der Waals surface area contributed by atoms with E-state index in [0.717, 1.165) is 38.5 Å². The van der Waals surface area contributed by atoms with Gasteiger partial charge in [-0.1, -0.05) is 31.1 Å². The van der Waals surface area contributed by atoms with E-state index in [1.807, 2.05) is 0 Å². The van der Waals surface area contributed by atoms with Gasteiger partial charge in [-0.05, 0) is 56.4 Å². The molecule has 0 bridgehead atoms. The molecule has 3 fully saturated rings. The average Bonchev–Trinajstić information content (AvgIpc) is 3.19. The zero-order valence-corrected chi connectivity index (χ0v) is 15.9. The van der Waals surface area contributed by atoms with Crippen LogP contribution in [0.25, 0.3) is 0 Å². The molecule has 26 heavy (non-hydrogen) atoms. The van der Waals surface area contributed by atoms with Crippen LogP contribution in [0.4, 0.5) is 0 Å². The fourth-order valence-corrected chi connectivity index (χ4v) is 6.87. The van der Waals surface area contributed by atoms with Gasteiger partial charge in [0.25, 0.3) is 0 Å². The van der Waals surface area contributed by atoms with Crippen LogP contribution in [0.3, 0.4) is 0 Å². The summed E-state index contributed by atoms with van der Waals surface area (Å²) in [5.41, 5.74) is 1.66. The third kappa shape index (κ3) is 1.95. The molecule has 140 valence electrons. The summed E-state index contributed by atoms with van der Waals surface area (Å²) in [7, 11) is 0. The quantitative estimate of drug-likeness (QED) is 0.529. The van der Waals surface area contributed by atoms with Gasteiger partial charge in [0, 0.05) is 17.3 Å². The Morgan fingerprint density at radius 2 is 1.92 bits per heavy atom. The van der Waals surface area contributed by atoms with E-state index < -0.39 is 11.4 Å². The SMILES string of the molecule is C[C@]12CCC3(C=C1CC[C@@H]1C2=CC[C@@]2(C)[C@H]1CC[C@]2(O)C#N)OCCO3. The van der Waals surface area contributed by atoms with E-state index in [0.29, 0.717) is 31.5 Å². The van der Waals surface area contributed by atoms with Gasteiger partial charge in [-0.25, -0.2) is 0 Å². The predicted molar refractivity (Wildman–Crippen MR) is 96.9 cm³/mol. The van der Waals surface area contributed by atoms with E-state index in [4.69, 9.17) is 9.47 Å². The number of nitriles is 1. The van der Waals surface area contributed by atoms with Gasteiger partial charge in [0.15, 0.2) is 11.4 Å². The normalized spacial score (nSPS) is 48.8. The molecule has 1 spiro atoms. The number of hydrogen-bond donors (Lipinski definition) is 1. The van der Waals surface area contributed by atoms with Crippen molar-refractivity contribution in [1.29, 1.82) is 5.26 Å². The second-order valence-electron chi connectivity index (χ2n) is 9.55. The molecule has 5 atom stereocenters. The van der Waals surface area contributed by atoms with Gasteiger partial charge in [0.05, 0.1) is 19.3 Å². The number of allylic oxidation sites excluding steroid dienone is 3. The number of hydrogen-bond acceptors (Lipinski definition) is 4. The van der Waals surface area contributed by atoms with Crippen LogP contribution in [-0.4, -0.2) is 29.7 Å². The summed E-state index contributed by atoms with van der Waals surface area (Å²) in [4.78, 5) is 0. The van der Waals surface area contributed by atoms with E-state index in [1.54, 1.807) is 5.57 Å². The maximum Gasteiger partial charge on any atom is 0.188 e. The molecule has 1 heterocycles. The summed E-state index contributed by atoms with van der Waals surface area (Å²) in [6, 6.07) is 2.26. The standard InChI is InChI=1S/C22H29NO3/c1-19-9-10-22(25-11-12-26-22)13-15(19)3-4-16-17(19)5-7-20(2)18(16)6-8-21(20,24)14-23/h5,13,16,18,24H,3-4,6-12H2,1-2H3/t16-,18+,19+,20+,21+/m1/s1. The van der Waals surface area contributed by atoms with Crippen molar-refractivity contribution in [3.8, 4) is 6.07 Å². The molecule has 1 aliphatic heterocycles. The second-order valence-corrected chi connectivity index (χ2v) is 9.55. The van der Waals surface area contributed by atoms with Gasteiger partial charge in [0.2, 0.25) is 0 Å². The Morgan fingerprint density at radius 1 is 1.15 bits per heavy atom. The van der Waals surface area contributed by atoms with Crippen LogP contribution >= 0.6 is 0 Å². The van der Waals surface area contributed by atoms with Crippen molar-refractivity contribution in [2.24, 2.45) is 22.7 Å². The topological polar surface area (TPSA) is 62.5 Å². The predicted octanol–water partition coefficient (Wildman–Crippen LogP) is 3.87. The summed E-state index contributed by atoms with van der Waals surface area (Å²) < 4.78 is 11.9. The number of nitrogens with zero attached hydrogens (tertiary/aromatic N) is 1. The Bertz CT molecular complexity index is 743. The van der Waals surface area contributed by atoms with Gasteiger partial charge in [-0.3, -0.25) is 0 Å². The van der Waals surface area contributed by atoms with Crippen LogP contribution in [0.2, 0.25) is 0 Å². The van der Waals surface area contributed by atoms with Crippen molar-refractivity contribution >= 4 is 0 Å². The lowest BCUT2D eigenvalue weighted by Crippen LogP contribution is -2.51. The van der Waals surface area contributed by atoms with E-state index >= 15 is 0 Å². The fourth-order valence-electron chi connectivity index (χ4n) is 6.87. The molecule has 4 aliphatic carbocycles. The Kier molecular flexibility index (Phi) is 3.41. The molecule has 1 N–H and O–H groups in total. The lowest BCUT2D eigenvalue weighted by Gasteiger charge is -2.55. The molecule has 5 aliphatic rings. The molecule has 1 saturated heterocycles. The highest BCUT2D eigenvalue weighted by Crippen LogP contribution is 2.66. The third-order valence-corrected chi connectivity index (χ3v) is 8.61. The molecule has 2 saturated carbocycles. The lowest BCUT2D eigenvalue weighted by molar-refractivity contribution is -0.133. The molecule has 0 aromatic rings. The molecule has 5 rings (SSSR count). The zero-order valence-electron chi connectivity index (χ0n) is 15.9. The van der Waals surface area contributed by atoms with Gasteiger partial charge >= 0.3 is 0 Å². The van der Waals surface area contributed by atoms with Crippen LogP contribution in [0.5, 0.6) is 0 Å². The molecule has 0 amide bonds. The monoisotopic (exact) mass is 355 g/mol. The maximum atomic E-state index is 10.9. The first-order valence-corrected chi connectivity index (χ1v) is 10.2. The summed E-state index contributed by atoms with van der Waals surface area (Å²) in [6.07, 6.45) is 11.2. The van der Waals surface area contributed by atoms with E-state index in [-0.39, 0.29) is 10.8 Å². The molecule has 0 radical (unpaired) electrons. The zero-order chi connectivity index (χ0) is 18.2. The number of ether oxygens (including phenoxy) is 2. The minimum absolute atomic E-state index is 0.0954. The largest absolute Gasteiger partial charge is 0.375 e. The average molecular weight is 355 g/mol. The minimum atomic E-state index is -1.17. The van der Waals surface area contributed by atoms with Crippen molar-refractivity contribution < 1.29 is 14.6 Å². The van der Waals surface area contributed by atoms with Crippen molar-refractivity contribution in [1.82, 2.24) is 0 Å². The van der Waals surface area contributed by atoms with Crippen molar-refractivity contribution in [2.45, 2.75) is 70.2 Å². The minimum Gasteiger partial charge on any atom is -0.375 e. The highest BCUT2D eigenvalue weighted by atomic mass is 16.7. The van der Waals surface area contributed by atoms with Gasteiger partial charge in [0.1, 0.15) is 0 Å². The van der Waals surface area contributed by atoms with Crippen molar-refractivity contribution in [3.05, 3.63) is 23.3 Å². The smallest absolute Gasteiger partial charge is 0.188 e. The summed E-state index contributed by atoms with van der Waals surface area (Å²) in [5.74, 6) is 0.443. The maximum absolute atomic E-state index is 10.9. The van der Waals surface area contributed by atoms with Crippen LogP contribution in [0, 0.1) is 34.0 Å². The van der Waals surface area contributed by atoms with E-state index in [9.17, 15) is 10.4 Å². The van der Waals surface area contributed by atoms with Crippen molar-refractivity contribution in [2.75, 3.05) is 13.2 Å². The summed E-state index contributed by atoms with van der Waals surface area (Å²) in [5, 5.41) is 20.6. The highest BCUT2D eigenvalue weighted by molar-refractivity contribution is 5.41. The molecule has 0 unspecified atom stereocenters. The van der Waals surface area contributed by atoms with Gasteiger partial charge in [-0.2, -0.15) is 5.26 Å². The Morgan fingerprint density at radius 3 is 2.65 bits per heavy atom. The molecular formula is C22H29NO3. The molecule has 0 aromatic heterocycles. The Balaban J connectivity index is 1.53. The van der Waals surface area contributed by atoms with E-state index in [1.165, 1.54) is 5.57 Å². The second kappa shape index (κ2) is 5.22. The van der Waals surface area contributed by atoms with Crippen LogP contribution < -0.4 is 0 Å². The van der Waals surface area contributed by atoms with Crippen LogP contribution in [0.1, 0.15) is 58.8 Å². The number of fused-ring (bicyclic) bond motifs is 5. The van der Waals surface area contributed by atoms with Gasteiger partial charge < -0.3 is 14.6 Å². The fraction of sp³-hybridized carbons (Fsp3) is 0.773. The Hall–Kier alpha value is -1.15. The number of rotatable bonds is 0. The first kappa shape index (κ1) is 17.0. The molecular weight excluding hydrogens is 326 g/mol. The first-order valence-electron chi connectivity index (χ1n) is 10.2.